The second kappa shape index (κ2) is 8.08. The molecule has 0 radical (unpaired) electrons. The number of fused-ring (bicyclic) bond motifs is 1. The number of tetrazole rings is 1. The summed E-state index contributed by atoms with van der Waals surface area (Å²) in [5.41, 5.74) is 3.47. The van der Waals surface area contributed by atoms with E-state index in [2.05, 4.69) is 35.7 Å². The maximum absolute atomic E-state index is 12.4. The molecular weight excluding hydrogens is 344 g/mol. The van der Waals surface area contributed by atoms with Gasteiger partial charge in [-0.3, -0.25) is 9.69 Å². The molecule has 0 saturated carbocycles. The fourth-order valence-electron chi connectivity index (χ4n) is 3.89. The van der Waals surface area contributed by atoms with Crippen molar-refractivity contribution in [2.45, 2.75) is 65.1 Å². The van der Waals surface area contributed by atoms with E-state index >= 15 is 0 Å². The number of carbonyl (C=O) groups is 1. The zero-order valence-electron chi connectivity index (χ0n) is 15.8. The quantitative estimate of drug-likeness (QED) is 0.793. The summed E-state index contributed by atoms with van der Waals surface area (Å²) in [6.45, 7) is 5.29. The van der Waals surface area contributed by atoms with Crippen molar-refractivity contribution < 1.29 is 4.79 Å². The van der Waals surface area contributed by atoms with Gasteiger partial charge in [0.25, 0.3) is 0 Å². The lowest BCUT2D eigenvalue weighted by Gasteiger charge is -2.17. The number of aromatic nitrogens is 6. The molecule has 9 heteroatoms. The summed E-state index contributed by atoms with van der Waals surface area (Å²) < 4.78 is 1.58. The van der Waals surface area contributed by atoms with Crippen molar-refractivity contribution in [3.63, 3.8) is 0 Å². The molecule has 2 aromatic rings. The molecule has 3 heterocycles. The van der Waals surface area contributed by atoms with Gasteiger partial charge in [-0.1, -0.05) is 0 Å². The van der Waals surface area contributed by atoms with Gasteiger partial charge in [-0.15, -0.1) is 5.10 Å². The second-order valence-corrected chi connectivity index (χ2v) is 7.37. The third-order valence-electron chi connectivity index (χ3n) is 5.34. The normalized spacial score (nSPS) is 17.1. The van der Waals surface area contributed by atoms with E-state index in [4.69, 9.17) is 0 Å². The predicted molar refractivity (Wildman–Crippen MR) is 97.6 cm³/mol. The molecule has 0 spiro atoms. The molecule has 9 nitrogen and oxygen atoms in total. The Hall–Kier alpha value is -2.42. The highest BCUT2D eigenvalue weighted by atomic mass is 16.2. The van der Waals surface area contributed by atoms with E-state index in [9.17, 15) is 4.79 Å². The Kier molecular flexibility index (Phi) is 5.38. The van der Waals surface area contributed by atoms with Gasteiger partial charge in [0.1, 0.15) is 12.4 Å². The lowest BCUT2D eigenvalue weighted by Crippen LogP contribution is -2.30. The highest BCUT2D eigenvalue weighted by Gasteiger charge is 2.18. The first kappa shape index (κ1) is 18.0. The van der Waals surface area contributed by atoms with Crippen molar-refractivity contribution in [2.24, 2.45) is 0 Å². The van der Waals surface area contributed by atoms with E-state index in [-0.39, 0.29) is 12.5 Å². The molecule has 0 bridgehead atoms. The first-order valence-corrected chi connectivity index (χ1v) is 9.78. The third-order valence-corrected chi connectivity index (χ3v) is 5.34. The highest BCUT2D eigenvalue weighted by Crippen LogP contribution is 2.21. The largest absolute Gasteiger partial charge is 0.347 e. The Morgan fingerprint density at radius 1 is 1.11 bits per heavy atom. The van der Waals surface area contributed by atoms with Crippen molar-refractivity contribution in [3.05, 3.63) is 28.6 Å². The Morgan fingerprint density at radius 3 is 2.78 bits per heavy atom. The number of amides is 1. The summed E-state index contributed by atoms with van der Waals surface area (Å²) >= 11 is 0. The van der Waals surface area contributed by atoms with Crippen LogP contribution in [0.5, 0.6) is 0 Å². The van der Waals surface area contributed by atoms with Crippen molar-refractivity contribution in [3.8, 4) is 0 Å². The van der Waals surface area contributed by atoms with Crippen LogP contribution in [0.25, 0.3) is 0 Å². The Bertz CT molecular complexity index is 812. The molecule has 2 aliphatic rings. The van der Waals surface area contributed by atoms with Crippen LogP contribution in [-0.2, 0) is 37.3 Å². The number of rotatable bonds is 6. The average Bonchev–Trinajstić information content (AvgIpc) is 3.33. The lowest BCUT2D eigenvalue weighted by molar-refractivity contribution is -0.122. The minimum atomic E-state index is -0.135. The van der Waals surface area contributed by atoms with E-state index < -0.39 is 0 Å². The second-order valence-electron chi connectivity index (χ2n) is 7.37. The zero-order chi connectivity index (χ0) is 18.6. The number of nitrogens with one attached hydrogen (secondary N) is 1. The number of likely N-dealkylation sites (tertiary alicyclic amines) is 1. The summed E-state index contributed by atoms with van der Waals surface area (Å²) in [4.78, 5) is 23.9. The van der Waals surface area contributed by atoms with Crippen LogP contribution in [0.2, 0.25) is 0 Å². The Labute approximate surface area is 158 Å². The molecule has 0 atom stereocenters. The molecule has 1 saturated heterocycles. The van der Waals surface area contributed by atoms with Crippen LogP contribution in [0.4, 0.5) is 0 Å². The molecule has 0 unspecified atom stereocenters. The van der Waals surface area contributed by atoms with E-state index in [1.807, 2.05) is 6.92 Å². The van der Waals surface area contributed by atoms with Gasteiger partial charge in [0.2, 0.25) is 5.91 Å². The maximum Gasteiger partial charge on any atom is 0.242 e. The minimum Gasteiger partial charge on any atom is -0.347 e. The molecule has 2 aromatic heterocycles. The van der Waals surface area contributed by atoms with Gasteiger partial charge >= 0.3 is 0 Å². The molecule has 4 rings (SSSR count). The van der Waals surface area contributed by atoms with Crippen LogP contribution in [0.3, 0.4) is 0 Å². The van der Waals surface area contributed by atoms with Crippen LogP contribution in [-0.4, -0.2) is 54.1 Å². The van der Waals surface area contributed by atoms with Gasteiger partial charge in [-0.05, 0) is 74.5 Å². The smallest absolute Gasteiger partial charge is 0.242 e. The number of aryl methyl sites for hydroxylation is 2. The lowest BCUT2D eigenvalue weighted by atomic mass is 9.95. The molecule has 144 valence electrons. The van der Waals surface area contributed by atoms with Gasteiger partial charge in [0, 0.05) is 11.4 Å². The minimum absolute atomic E-state index is 0.111. The number of hydrogen-bond donors (Lipinski definition) is 1. The average molecular weight is 370 g/mol. The summed E-state index contributed by atoms with van der Waals surface area (Å²) in [5, 5.41) is 14.7. The molecule has 1 aliphatic heterocycles. The molecule has 1 fully saturated rings. The Balaban J connectivity index is 1.34. The fraction of sp³-hybridized carbons (Fsp3) is 0.667. The summed E-state index contributed by atoms with van der Waals surface area (Å²) in [5.74, 6) is 1.27. The summed E-state index contributed by atoms with van der Waals surface area (Å²) in [6.07, 6.45) is 6.87. The van der Waals surface area contributed by atoms with E-state index in [0.717, 1.165) is 43.1 Å². The topological polar surface area (TPSA) is 102 Å². The highest BCUT2D eigenvalue weighted by molar-refractivity contribution is 5.75. The molecule has 27 heavy (non-hydrogen) atoms. The maximum atomic E-state index is 12.4. The number of hydrogen-bond acceptors (Lipinski definition) is 7. The molecule has 1 aliphatic carbocycles. The van der Waals surface area contributed by atoms with Crippen molar-refractivity contribution in [1.29, 1.82) is 0 Å². The van der Waals surface area contributed by atoms with Crippen LogP contribution >= 0.6 is 0 Å². The Morgan fingerprint density at radius 2 is 1.93 bits per heavy atom. The van der Waals surface area contributed by atoms with Crippen molar-refractivity contribution in [2.75, 3.05) is 13.1 Å². The molecule has 1 N–H and O–H groups in total. The van der Waals surface area contributed by atoms with Crippen LogP contribution in [0.15, 0.2) is 0 Å². The van der Waals surface area contributed by atoms with Crippen molar-refractivity contribution in [1.82, 2.24) is 40.4 Å². The van der Waals surface area contributed by atoms with Gasteiger partial charge < -0.3 is 5.32 Å². The predicted octanol–water partition coefficient (Wildman–Crippen LogP) is 0.563. The van der Waals surface area contributed by atoms with Gasteiger partial charge in [0.15, 0.2) is 5.82 Å². The standard InChI is InChI=1S/C18H26N8O/c1-13-14-6-2-3-7-15(14)21-16(20-13)10-19-18(27)12-26-17(22-23-24-26)11-25-8-4-5-9-25/h2-12H2,1H3,(H,19,27). The van der Waals surface area contributed by atoms with E-state index in [0.29, 0.717) is 18.9 Å². The monoisotopic (exact) mass is 370 g/mol. The first-order valence-electron chi connectivity index (χ1n) is 9.78. The van der Waals surface area contributed by atoms with Crippen molar-refractivity contribution >= 4 is 5.91 Å². The van der Waals surface area contributed by atoms with Gasteiger partial charge in [-0.2, -0.15) is 0 Å². The zero-order valence-corrected chi connectivity index (χ0v) is 15.8. The van der Waals surface area contributed by atoms with Crippen LogP contribution < -0.4 is 5.32 Å². The SMILES string of the molecule is Cc1nc(CNC(=O)Cn2nnnc2CN2CCCC2)nc2c1CCCC2. The molecule has 0 aromatic carbocycles. The first-order chi connectivity index (χ1) is 13.2. The summed E-state index contributed by atoms with van der Waals surface area (Å²) in [6, 6.07) is 0. The number of nitrogens with zero attached hydrogens (tertiary/aromatic N) is 7. The summed E-state index contributed by atoms with van der Waals surface area (Å²) in [7, 11) is 0. The van der Waals surface area contributed by atoms with E-state index in [1.165, 1.54) is 31.2 Å². The van der Waals surface area contributed by atoms with Gasteiger partial charge in [-0.25, -0.2) is 14.6 Å². The van der Waals surface area contributed by atoms with E-state index in [1.54, 1.807) is 4.68 Å². The number of carbonyl (C=O) groups excluding carboxylic acids is 1. The third kappa shape index (κ3) is 4.29. The fourth-order valence-corrected chi connectivity index (χ4v) is 3.89. The van der Waals surface area contributed by atoms with Crippen LogP contribution in [0.1, 0.15) is 54.3 Å². The molecular formula is C18H26N8O. The molecule has 1 amide bonds. The van der Waals surface area contributed by atoms with Crippen LogP contribution in [0, 0.1) is 6.92 Å². The van der Waals surface area contributed by atoms with Gasteiger partial charge in [0.05, 0.1) is 13.1 Å².